The number of nitrogens with one attached hydrogen (secondary N) is 2. The van der Waals surface area contributed by atoms with Gasteiger partial charge in [-0.1, -0.05) is 12.1 Å². The van der Waals surface area contributed by atoms with Gasteiger partial charge in [0.05, 0.1) is 11.4 Å². The highest BCUT2D eigenvalue weighted by atomic mass is 32.2. The van der Waals surface area contributed by atoms with Crippen molar-refractivity contribution in [2.75, 3.05) is 25.0 Å². The monoisotopic (exact) mass is 391 g/mol. The van der Waals surface area contributed by atoms with Crippen molar-refractivity contribution in [3.8, 4) is 0 Å². The molecule has 1 aliphatic rings. The fourth-order valence-electron chi connectivity index (χ4n) is 2.43. The van der Waals surface area contributed by atoms with Crippen LogP contribution < -0.4 is 10.6 Å². The summed E-state index contributed by atoms with van der Waals surface area (Å²) in [6.07, 6.45) is 3.08. The molecule has 0 saturated carbocycles. The summed E-state index contributed by atoms with van der Waals surface area (Å²) in [6.45, 7) is 0.290. The predicted octanol–water partition coefficient (Wildman–Crippen LogP) is 1.52. The number of piperazine rings is 1. The van der Waals surface area contributed by atoms with Gasteiger partial charge in [0.25, 0.3) is 0 Å². The Labute approximate surface area is 155 Å². The first kappa shape index (κ1) is 18.3. The number of anilines is 1. The highest BCUT2D eigenvalue weighted by Crippen LogP contribution is 2.20. The van der Waals surface area contributed by atoms with Gasteiger partial charge in [-0.3, -0.25) is 9.59 Å². The Morgan fingerprint density at radius 3 is 2.85 bits per heavy atom. The maximum absolute atomic E-state index is 12.7. The smallest absolute Gasteiger partial charge is 0.248 e. The first-order valence-corrected chi connectivity index (χ1v) is 10.2. The second-order valence-corrected chi connectivity index (χ2v) is 8.47. The van der Waals surface area contributed by atoms with Crippen LogP contribution in [0.15, 0.2) is 52.7 Å². The van der Waals surface area contributed by atoms with Crippen LogP contribution in [0.5, 0.6) is 0 Å². The third kappa shape index (κ3) is 4.37. The van der Waals surface area contributed by atoms with Gasteiger partial charge in [-0.25, -0.2) is 8.42 Å². The summed E-state index contributed by atoms with van der Waals surface area (Å²) in [7, 11) is -3.80. The van der Waals surface area contributed by atoms with Crippen molar-refractivity contribution < 1.29 is 18.0 Å². The third-order valence-corrected chi connectivity index (χ3v) is 6.36. The van der Waals surface area contributed by atoms with E-state index >= 15 is 0 Å². The molecule has 0 spiro atoms. The highest BCUT2D eigenvalue weighted by Gasteiger charge is 2.29. The molecule has 1 aromatic carbocycles. The van der Waals surface area contributed by atoms with Gasteiger partial charge in [0.15, 0.2) is 0 Å². The minimum absolute atomic E-state index is 0.0345. The average Bonchev–Trinajstić information content (AvgIpc) is 3.14. The van der Waals surface area contributed by atoms with E-state index in [2.05, 4.69) is 10.6 Å². The molecule has 2 heterocycles. The van der Waals surface area contributed by atoms with E-state index in [1.54, 1.807) is 18.2 Å². The van der Waals surface area contributed by atoms with E-state index < -0.39 is 10.0 Å². The summed E-state index contributed by atoms with van der Waals surface area (Å²) in [5.74, 6) is -0.687. The van der Waals surface area contributed by atoms with E-state index in [9.17, 15) is 18.0 Å². The number of benzene rings is 1. The van der Waals surface area contributed by atoms with Crippen LogP contribution in [0, 0.1) is 0 Å². The first-order chi connectivity index (χ1) is 12.4. The van der Waals surface area contributed by atoms with Crippen LogP contribution in [0.4, 0.5) is 5.69 Å². The number of amides is 2. The lowest BCUT2D eigenvalue weighted by atomic mass is 10.3. The van der Waals surface area contributed by atoms with E-state index in [0.29, 0.717) is 5.69 Å². The molecule has 136 valence electrons. The number of hydrogen-bond donors (Lipinski definition) is 2. The van der Waals surface area contributed by atoms with Crippen molar-refractivity contribution in [1.82, 2.24) is 9.62 Å². The van der Waals surface area contributed by atoms with Gasteiger partial charge in [0.2, 0.25) is 21.8 Å². The van der Waals surface area contributed by atoms with Gasteiger partial charge in [-0.05, 0) is 35.7 Å². The molecule has 26 heavy (non-hydrogen) atoms. The lowest BCUT2D eigenvalue weighted by Crippen LogP contribution is -2.49. The summed E-state index contributed by atoms with van der Waals surface area (Å²) in [5.41, 5.74) is 0.369. The minimum atomic E-state index is -3.80. The number of thiophene rings is 1. The molecule has 0 radical (unpaired) electrons. The van der Waals surface area contributed by atoms with E-state index in [1.165, 1.54) is 29.5 Å². The molecule has 7 nitrogen and oxygen atoms in total. The Hall–Kier alpha value is -2.49. The molecular formula is C17H17N3O4S2. The van der Waals surface area contributed by atoms with Crippen LogP contribution in [-0.2, 0) is 19.6 Å². The number of carbonyl (C=O) groups excluding carboxylic acids is 2. The molecule has 9 heteroatoms. The molecule has 2 amide bonds. The Morgan fingerprint density at radius 2 is 2.12 bits per heavy atom. The van der Waals surface area contributed by atoms with E-state index in [0.717, 1.165) is 9.18 Å². The zero-order valence-corrected chi connectivity index (χ0v) is 15.3. The maximum atomic E-state index is 12.7. The average molecular weight is 391 g/mol. The van der Waals surface area contributed by atoms with Crippen LogP contribution in [0.1, 0.15) is 4.88 Å². The number of nitrogens with zero attached hydrogens (tertiary/aromatic N) is 1. The van der Waals surface area contributed by atoms with Crippen LogP contribution >= 0.6 is 11.3 Å². The van der Waals surface area contributed by atoms with Gasteiger partial charge in [0, 0.05) is 29.7 Å². The molecule has 2 aromatic rings. The maximum Gasteiger partial charge on any atom is 0.248 e. The molecule has 1 fully saturated rings. The zero-order chi connectivity index (χ0) is 18.6. The highest BCUT2D eigenvalue weighted by molar-refractivity contribution is 7.89. The largest absolute Gasteiger partial charge is 0.354 e. The van der Waals surface area contributed by atoms with Crippen LogP contribution in [0.3, 0.4) is 0 Å². The SMILES string of the molecule is O=C(C=Cc1cccs1)Nc1cccc(S(=O)(=O)N2CCNC(=O)C2)c1. The summed E-state index contributed by atoms with van der Waals surface area (Å²) in [4.78, 5) is 24.4. The molecule has 2 N–H and O–H groups in total. The van der Waals surface area contributed by atoms with Gasteiger partial charge >= 0.3 is 0 Å². The topological polar surface area (TPSA) is 95.6 Å². The van der Waals surface area contributed by atoms with Crippen molar-refractivity contribution in [2.45, 2.75) is 4.90 Å². The van der Waals surface area contributed by atoms with Crippen molar-refractivity contribution in [3.63, 3.8) is 0 Å². The third-order valence-electron chi connectivity index (χ3n) is 3.68. The standard InChI is InChI=1S/C17H17N3O4S2/c21-16(7-6-14-4-2-10-25-14)19-13-3-1-5-15(11-13)26(23,24)20-9-8-18-17(22)12-20/h1-7,10-11H,8-9,12H2,(H,18,22)(H,19,21). The first-order valence-electron chi connectivity index (χ1n) is 7.85. The van der Waals surface area contributed by atoms with Crippen molar-refractivity contribution in [2.24, 2.45) is 0 Å². The summed E-state index contributed by atoms with van der Waals surface area (Å²) >= 11 is 1.51. The van der Waals surface area contributed by atoms with Crippen molar-refractivity contribution in [3.05, 3.63) is 52.7 Å². The number of rotatable bonds is 5. The fourth-order valence-corrected chi connectivity index (χ4v) is 4.49. The predicted molar refractivity (Wildman–Crippen MR) is 100 cm³/mol. The zero-order valence-electron chi connectivity index (χ0n) is 13.7. The quantitative estimate of drug-likeness (QED) is 0.756. The van der Waals surface area contributed by atoms with Crippen molar-refractivity contribution >= 4 is 44.9 Å². The lowest BCUT2D eigenvalue weighted by molar-refractivity contribution is -0.122. The minimum Gasteiger partial charge on any atom is -0.354 e. The Bertz CT molecular complexity index is 937. The van der Waals surface area contributed by atoms with E-state index in [-0.39, 0.29) is 36.3 Å². The molecule has 0 unspecified atom stereocenters. The lowest BCUT2D eigenvalue weighted by Gasteiger charge is -2.26. The molecule has 1 aliphatic heterocycles. The van der Waals surface area contributed by atoms with E-state index in [1.807, 2.05) is 17.5 Å². The number of carbonyl (C=O) groups is 2. The van der Waals surface area contributed by atoms with Crippen LogP contribution in [-0.4, -0.2) is 44.2 Å². The molecule has 0 atom stereocenters. The second-order valence-electron chi connectivity index (χ2n) is 5.55. The molecule has 1 aromatic heterocycles. The number of hydrogen-bond acceptors (Lipinski definition) is 5. The molecule has 1 saturated heterocycles. The molecule has 0 aliphatic carbocycles. The Balaban J connectivity index is 1.73. The molecule has 3 rings (SSSR count). The summed E-state index contributed by atoms with van der Waals surface area (Å²) in [5, 5.41) is 7.14. The molecular weight excluding hydrogens is 374 g/mol. The summed E-state index contributed by atoms with van der Waals surface area (Å²) in [6, 6.07) is 9.76. The van der Waals surface area contributed by atoms with Gasteiger partial charge in [0.1, 0.15) is 0 Å². The van der Waals surface area contributed by atoms with Crippen LogP contribution in [0.2, 0.25) is 0 Å². The van der Waals surface area contributed by atoms with Gasteiger partial charge in [-0.2, -0.15) is 4.31 Å². The van der Waals surface area contributed by atoms with Gasteiger partial charge < -0.3 is 10.6 Å². The second kappa shape index (κ2) is 7.81. The summed E-state index contributed by atoms with van der Waals surface area (Å²) < 4.78 is 26.5. The Kier molecular flexibility index (Phi) is 5.50. The fraction of sp³-hybridized carbons (Fsp3) is 0.176. The van der Waals surface area contributed by atoms with Crippen LogP contribution in [0.25, 0.3) is 6.08 Å². The van der Waals surface area contributed by atoms with Crippen molar-refractivity contribution in [1.29, 1.82) is 0 Å². The Morgan fingerprint density at radius 1 is 1.27 bits per heavy atom. The molecule has 0 bridgehead atoms. The number of sulfonamides is 1. The van der Waals surface area contributed by atoms with Gasteiger partial charge in [-0.15, -0.1) is 11.3 Å². The normalized spacial score (nSPS) is 15.8. The van der Waals surface area contributed by atoms with E-state index in [4.69, 9.17) is 0 Å².